The minimum Gasteiger partial charge on any atom is -0.478 e. The Balaban J connectivity index is 2.15. The van der Waals surface area contributed by atoms with Crippen LogP contribution in [0.15, 0.2) is 30.3 Å². The SMILES string of the molecule is O=C(O)/C=C/c1ccc(N2CC(=O)NC2=O)cc1. The average Bonchev–Trinajstić information content (AvgIpc) is 2.66. The van der Waals surface area contributed by atoms with E-state index in [0.717, 1.165) is 6.08 Å². The molecule has 0 atom stereocenters. The molecular weight excluding hydrogens is 236 g/mol. The number of rotatable bonds is 3. The summed E-state index contributed by atoms with van der Waals surface area (Å²) >= 11 is 0. The minimum atomic E-state index is -1.02. The van der Waals surface area contributed by atoms with Crippen molar-refractivity contribution in [1.29, 1.82) is 0 Å². The van der Waals surface area contributed by atoms with Crippen LogP contribution >= 0.6 is 0 Å². The summed E-state index contributed by atoms with van der Waals surface area (Å²) in [5, 5.41) is 10.7. The number of nitrogens with one attached hydrogen (secondary N) is 1. The van der Waals surface area contributed by atoms with Gasteiger partial charge in [0.15, 0.2) is 0 Å². The van der Waals surface area contributed by atoms with Crippen molar-refractivity contribution in [3.63, 3.8) is 0 Å². The van der Waals surface area contributed by atoms with Gasteiger partial charge in [-0.15, -0.1) is 0 Å². The molecule has 2 N–H and O–H groups in total. The molecule has 0 bridgehead atoms. The summed E-state index contributed by atoms with van der Waals surface area (Å²) in [5.74, 6) is -1.36. The van der Waals surface area contributed by atoms with Gasteiger partial charge in [-0.1, -0.05) is 12.1 Å². The van der Waals surface area contributed by atoms with Crippen molar-refractivity contribution in [3.8, 4) is 0 Å². The summed E-state index contributed by atoms with van der Waals surface area (Å²) in [6.45, 7) is 0.00312. The number of carboxylic acids is 1. The second-order valence-corrected chi connectivity index (χ2v) is 3.70. The average molecular weight is 246 g/mol. The molecular formula is C12H10N2O4. The lowest BCUT2D eigenvalue weighted by Gasteiger charge is -2.12. The van der Waals surface area contributed by atoms with Gasteiger partial charge in [-0.25, -0.2) is 9.59 Å². The number of amides is 3. The zero-order valence-corrected chi connectivity index (χ0v) is 9.29. The third kappa shape index (κ3) is 2.54. The summed E-state index contributed by atoms with van der Waals surface area (Å²) in [5.41, 5.74) is 1.29. The highest BCUT2D eigenvalue weighted by atomic mass is 16.4. The second kappa shape index (κ2) is 4.70. The molecule has 1 heterocycles. The fraction of sp³-hybridized carbons (Fsp3) is 0.0833. The van der Waals surface area contributed by atoms with Crippen LogP contribution in [0.25, 0.3) is 6.08 Å². The molecule has 3 amide bonds. The molecule has 0 radical (unpaired) electrons. The predicted octanol–water partition coefficient (Wildman–Crippen LogP) is 0.841. The van der Waals surface area contributed by atoms with Gasteiger partial charge in [0.05, 0.1) is 0 Å². The fourth-order valence-corrected chi connectivity index (χ4v) is 1.58. The Bertz CT molecular complexity index is 534. The largest absolute Gasteiger partial charge is 0.478 e. The number of imide groups is 1. The standard InChI is InChI=1S/C12H10N2O4/c15-10-7-14(12(18)13-10)9-4-1-8(2-5-9)3-6-11(16)17/h1-6H,7H2,(H,16,17)(H,13,15,18)/b6-3+. The van der Waals surface area contributed by atoms with Crippen molar-refractivity contribution in [3.05, 3.63) is 35.9 Å². The Labute approximate surface area is 103 Å². The molecule has 0 unspecified atom stereocenters. The highest BCUT2D eigenvalue weighted by molar-refractivity contribution is 6.12. The quantitative estimate of drug-likeness (QED) is 0.611. The van der Waals surface area contributed by atoms with Crippen LogP contribution in [0.4, 0.5) is 10.5 Å². The van der Waals surface area contributed by atoms with Gasteiger partial charge in [0.1, 0.15) is 6.54 Å². The molecule has 1 saturated heterocycles. The van der Waals surface area contributed by atoms with E-state index in [2.05, 4.69) is 5.32 Å². The summed E-state index contributed by atoms with van der Waals surface area (Å²) < 4.78 is 0. The highest BCUT2D eigenvalue weighted by Crippen LogP contribution is 2.18. The maximum atomic E-state index is 11.4. The number of urea groups is 1. The van der Waals surface area contributed by atoms with E-state index < -0.39 is 12.0 Å². The summed E-state index contributed by atoms with van der Waals surface area (Å²) in [7, 11) is 0. The number of carbonyl (C=O) groups is 3. The maximum Gasteiger partial charge on any atom is 0.329 e. The van der Waals surface area contributed by atoms with Gasteiger partial charge in [0, 0.05) is 11.8 Å². The molecule has 18 heavy (non-hydrogen) atoms. The van der Waals surface area contributed by atoms with E-state index >= 15 is 0 Å². The first kappa shape index (κ1) is 11.8. The number of hydrogen-bond acceptors (Lipinski definition) is 3. The molecule has 2 rings (SSSR count). The van der Waals surface area contributed by atoms with Crippen LogP contribution in [0.1, 0.15) is 5.56 Å². The fourth-order valence-electron chi connectivity index (χ4n) is 1.58. The van der Waals surface area contributed by atoms with E-state index in [9.17, 15) is 14.4 Å². The van der Waals surface area contributed by atoms with Crippen molar-refractivity contribution >= 4 is 29.7 Å². The van der Waals surface area contributed by atoms with Gasteiger partial charge in [0.2, 0.25) is 5.91 Å². The molecule has 1 aliphatic rings. The van der Waals surface area contributed by atoms with E-state index in [4.69, 9.17) is 5.11 Å². The highest BCUT2D eigenvalue weighted by Gasteiger charge is 2.27. The molecule has 92 valence electrons. The normalized spacial score (nSPS) is 15.2. The molecule has 1 aliphatic heterocycles. The predicted molar refractivity (Wildman–Crippen MR) is 64.0 cm³/mol. The zero-order chi connectivity index (χ0) is 13.1. The monoisotopic (exact) mass is 246 g/mol. The van der Waals surface area contributed by atoms with Crippen molar-refractivity contribution in [1.82, 2.24) is 5.32 Å². The minimum absolute atomic E-state index is 0.00312. The number of hydrogen-bond donors (Lipinski definition) is 2. The van der Waals surface area contributed by atoms with Crippen LogP contribution in [0.2, 0.25) is 0 Å². The van der Waals surface area contributed by atoms with Crippen LogP contribution in [0, 0.1) is 0 Å². The summed E-state index contributed by atoms with van der Waals surface area (Å²) in [6.07, 6.45) is 2.47. The Morgan fingerprint density at radius 3 is 2.44 bits per heavy atom. The number of anilines is 1. The first-order valence-electron chi connectivity index (χ1n) is 5.19. The summed E-state index contributed by atoms with van der Waals surface area (Å²) in [6, 6.07) is 6.20. The molecule has 1 aromatic rings. The van der Waals surface area contributed by atoms with Gasteiger partial charge < -0.3 is 5.11 Å². The van der Waals surface area contributed by atoms with E-state index in [1.165, 1.54) is 11.0 Å². The van der Waals surface area contributed by atoms with E-state index in [1.54, 1.807) is 24.3 Å². The first-order valence-corrected chi connectivity index (χ1v) is 5.19. The third-order valence-corrected chi connectivity index (χ3v) is 2.42. The molecule has 6 heteroatoms. The number of aliphatic carboxylic acids is 1. The molecule has 0 saturated carbocycles. The van der Waals surface area contributed by atoms with Gasteiger partial charge in [0.25, 0.3) is 0 Å². The van der Waals surface area contributed by atoms with Crippen molar-refractivity contribution in [2.75, 3.05) is 11.4 Å². The zero-order valence-electron chi connectivity index (χ0n) is 9.29. The Hall–Kier alpha value is -2.63. The van der Waals surface area contributed by atoms with Crippen molar-refractivity contribution in [2.45, 2.75) is 0 Å². The third-order valence-electron chi connectivity index (χ3n) is 2.42. The van der Waals surface area contributed by atoms with Gasteiger partial charge in [-0.2, -0.15) is 0 Å². The topological polar surface area (TPSA) is 86.7 Å². The van der Waals surface area contributed by atoms with Crippen LogP contribution in [-0.4, -0.2) is 29.6 Å². The Kier molecular flexibility index (Phi) is 3.09. The van der Waals surface area contributed by atoms with Crippen molar-refractivity contribution < 1.29 is 19.5 Å². The number of carboxylic acid groups (broad SMARTS) is 1. The lowest BCUT2D eigenvalue weighted by Crippen LogP contribution is -2.27. The molecule has 0 aromatic heterocycles. The second-order valence-electron chi connectivity index (χ2n) is 3.70. The Morgan fingerprint density at radius 1 is 1.28 bits per heavy atom. The maximum absolute atomic E-state index is 11.4. The van der Waals surface area contributed by atoms with Crippen molar-refractivity contribution in [2.24, 2.45) is 0 Å². The van der Waals surface area contributed by atoms with Crippen LogP contribution < -0.4 is 10.2 Å². The number of benzene rings is 1. The van der Waals surface area contributed by atoms with Gasteiger partial charge in [-0.05, 0) is 23.8 Å². The van der Waals surface area contributed by atoms with E-state index in [0.29, 0.717) is 11.3 Å². The summed E-state index contributed by atoms with van der Waals surface area (Å²) in [4.78, 5) is 34.1. The van der Waals surface area contributed by atoms with E-state index in [-0.39, 0.29) is 12.5 Å². The lowest BCUT2D eigenvalue weighted by molar-refractivity contribution is -0.131. The molecule has 6 nitrogen and oxygen atoms in total. The number of carbonyl (C=O) groups excluding carboxylic acids is 2. The van der Waals surface area contributed by atoms with Gasteiger partial charge >= 0.3 is 12.0 Å². The molecule has 1 aromatic carbocycles. The lowest BCUT2D eigenvalue weighted by atomic mass is 10.2. The van der Waals surface area contributed by atoms with Crippen LogP contribution in [0.3, 0.4) is 0 Å². The van der Waals surface area contributed by atoms with Crippen LogP contribution in [0.5, 0.6) is 0 Å². The molecule has 0 spiro atoms. The van der Waals surface area contributed by atoms with Crippen LogP contribution in [-0.2, 0) is 9.59 Å². The van der Waals surface area contributed by atoms with E-state index in [1.807, 2.05) is 0 Å². The number of nitrogens with zero attached hydrogens (tertiary/aromatic N) is 1. The van der Waals surface area contributed by atoms with Gasteiger partial charge in [-0.3, -0.25) is 15.0 Å². The molecule has 0 aliphatic carbocycles. The first-order chi connectivity index (χ1) is 8.56. The molecule has 1 fully saturated rings. The Morgan fingerprint density at radius 2 is 1.94 bits per heavy atom. The smallest absolute Gasteiger partial charge is 0.329 e.